The van der Waals surface area contributed by atoms with Gasteiger partial charge in [-0.3, -0.25) is 4.90 Å². The molecule has 2 aliphatic rings. The maximum absolute atomic E-state index is 13.1. The van der Waals surface area contributed by atoms with E-state index in [1.54, 1.807) is 0 Å². The summed E-state index contributed by atoms with van der Waals surface area (Å²) < 4.78 is 26.2. The average Bonchev–Trinajstić information content (AvgIpc) is 2.92. The number of hydrogen-bond donors (Lipinski definition) is 1. The number of rotatable bonds is 3. The average molecular weight is 294 g/mol. The minimum Gasteiger partial charge on any atom is -0.308 e. The second-order valence-electron chi connectivity index (χ2n) is 6.75. The van der Waals surface area contributed by atoms with Crippen molar-refractivity contribution in [2.75, 3.05) is 19.6 Å². The topological polar surface area (TPSA) is 15.3 Å². The van der Waals surface area contributed by atoms with Gasteiger partial charge in [-0.05, 0) is 25.3 Å². The highest BCUT2D eigenvalue weighted by atomic mass is 19.3. The Balaban J connectivity index is 1.88. The Morgan fingerprint density at radius 1 is 1.19 bits per heavy atom. The van der Waals surface area contributed by atoms with Gasteiger partial charge in [-0.1, -0.05) is 43.2 Å². The molecule has 1 saturated carbocycles. The van der Waals surface area contributed by atoms with Crippen LogP contribution in [-0.2, 0) is 5.54 Å². The molecule has 1 atom stereocenters. The van der Waals surface area contributed by atoms with Crippen molar-refractivity contribution in [2.24, 2.45) is 0 Å². The van der Waals surface area contributed by atoms with Gasteiger partial charge in [-0.15, -0.1) is 0 Å². The minimum atomic E-state index is -2.29. The van der Waals surface area contributed by atoms with Gasteiger partial charge >= 0.3 is 0 Å². The van der Waals surface area contributed by atoms with Gasteiger partial charge in [0.2, 0.25) is 0 Å². The molecule has 21 heavy (non-hydrogen) atoms. The van der Waals surface area contributed by atoms with Crippen LogP contribution in [0.4, 0.5) is 8.78 Å². The maximum atomic E-state index is 13.1. The highest BCUT2D eigenvalue weighted by Gasteiger charge is 2.47. The van der Waals surface area contributed by atoms with E-state index in [2.05, 4.69) is 12.2 Å². The smallest absolute Gasteiger partial charge is 0.251 e. The van der Waals surface area contributed by atoms with Crippen molar-refractivity contribution in [3.8, 4) is 0 Å². The van der Waals surface area contributed by atoms with Crippen LogP contribution in [-0.4, -0.2) is 36.5 Å². The van der Waals surface area contributed by atoms with Crippen molar-refractivity contribution >= 4 is 0 Å². The first-order valence-corrected chi connectivity index (χ1v) is 7.88. The molecule has 2 nitrogen and oxygen atoms in total. The van der Waals surface area contributed by atoms with Crippen LogP contribution in [0.2, 0.25) is 0 Å². The van der Waals surface area contributed by atoms with Crippen LogP contribution < -0.4 is 5.32 Å². The molecule has 0 radical (unpaired) electrons. The van der Waals surface area contributed by atoms with Crippen LogP contribution in [0.5, 0.6) is 0 Å². The molecule has 116 valence electrons. The predicted molar refractivity (Wildman–Crippen MR) is 80.6 cm³/mol. The third kappa shape index (κ3) is 2.84. The van der Waals surface area contributed by atoms with E-state index < -0.39 is 6.43 Å². The van der Waals surface area contributed by atoms with Crippen LogP contribution in [0, 0.1) is 0 Å². The molecule has 0 amide bonds. The van der Waals surface area contributed by atoms with E-state index in [4.69, 9.17) is 0 Å². The summed E-state index contributed by atoms with van der Waals surface area (Å²) >= 11 is 0. The van der Waals surface area contributed by atoms with Crippen LogP contribution in [0.25, 0.3) is 0 Å². The zero-order valence-electron chi connectivity index (χ0n) is 12.6. The molecule has 1 spiro atoms. The summed E-state index contributed by atoms with van der Waals surface area (Å²) in [6.07, 6.45) is 2.34. The Morgan fingerprint density at radius 3 is 2.48 bits per heavy atom. The molecule has 0 aromatic heterocycles. The van der Waals surface area contributed by atoms with Crippen molar-refractivity contribution in [1.29, 1.82) is 0 Å². The van der Waals surface area contributed by atoms with Crippen molar-refractivity contribution in [2.45, 2.75) is 50.1 Å². The van der Waals surface area contributed by atoms with Crippen molar-refractivity contribution in [3.63, 3.8) is 0 Å². The molecule has 0 bridgehead atoms. The first kappa shape index (κ1) is 14.9. The Bertz CT molecular complexity index is 471. The molecule has 1 heterocycles. The van der Waals surface area contributed by atoms with Crippen molar-refractivity contribution in [3.05, 3.63) is 35.9 Å². The second kappa shape index (κ2) is 5.65. The van der Waals surface area contributed by atoms with Crippen LogP contribution in [0.1, 0.15) is 38.2 Å². The van der Waals surface area contributed by atoms with E-state index in [0.717, 1.165) is 31.5 Å². The number of nitrogens with one attached hydrogen (secondary N) is 1. The van der Waals surface area contributed by atoms with E-state index in [9.17, 15) is 8.78 Å². The molecule has 1 aliphatic carbocycles. The first-order valence-electron chi connectivity index (χ1n) is 7.88. The summed E-state index contributed by atoms with van der Waals surface area (Å²) in [5.41, 5.74) is 0.820. The van der Waals surface area contributed by atoms with Gasteiger partial charge in [0.15, 0.2) is 0 Å². The van der Waals surface area contributed by atoms with Gasteiger partial charge < -0.3 is 5.32 Å². The van der Waals surface area contributed by atoms with Crippen LogP contribution in [0.15, 0.2) is 30.3 Å². The van der Waals surface area contributed by atoms with Gasteiger partial charge in [0, 0.05) is 18.6 Å². The number of hydrogen-bond acceptors (Lipinski definition) is 2. The summed E-state index contributed by atoms with van der Waals surface area (Å²) in [6.45, 7) is 3.40. The number of halogens is 2. The number of benzene rings is 1. The SMILES string of the molecule is CC1(c2ccccc2)CNC2(CCCC2)CN1CC(F)F. The summed E-state index contributed by atoms with van der Waals surface area (Å²) in [6, 6.07) is 10.0. The monoisotopic (exact) mass is 294 g/mol. The van der Waals surface area contributed by atoms with Gasteiger partial charge in [0.25, 0.3) is 6.43 Å². The van der Waals surface area contributed by atoms with Gasteiger partial charge in [0.05, 0.1) is 12.1 Å². The Kier molecular flexibility index (Phi) is 4.02. The van der Waals surface area contributed by atoms with Crippen LogP contribution >= 0.6 is 0 Å². The van der Waals surface area contributed by atoms with Gasteiger partial charge in [0.1, 0.15) is 0 Å². The number of piperazine rings is 1. The molecule has 4 heteroatoms. The Morgan fingerprint density at radius 2 is 1.86 bits per heavy atom. The second-order valence-corrected chi connectivity index (χ2v) is 6.75. The third-order valence-corrected chi connectivity index (χ3v) is 5.31. The maximum Gasteiger partial charge on any atom is 0.251 e. The fourth-order valence-electron chi connectivity index (χ4n) is 3.97. The standard InChI is InChI=1S/C17H24F2N2/c1-16(14-7-3-2-4-8-14)12-20-17(9-5-6-10-17)13-21(16)11-15(18)19/h2-4,7-8,15,20H,5-6,9-13H2,1H3. The zero-order valence-corrected chi connectivity index (χ0v) is 12.6. The molecule has 1 unspecified atom stereocenters. The molecule has 1 aromatic carbocycles. The highest BCUT2D eigenvalue weighted by Crippen LogP contribution is 2.39. The summed E-state index contributed by atoms with van der Waals surface area (Å²) in [7, 11) is 0. The fourth-order valence-corrected chi connectivity index (χ4v) is 3.97. The van der Waals surface area contributed by atoms with Gasteiger partial charge in [-0.2, -0.15) is 0 Å². The largest absolute Gasteiger partial charge is 0.308 e. The molecule has 1 N–H and O–H groups in total. The summed E-state index contributed by atoms with van der Waals surface area (Å²) in [4.78, 5) is 2.01. The van der Waals surface area contributed by atoms with Crippen molar-refractivity contribution in [1.82, 2.24) is 10.2 Å². The lowest BCUT2D eigenvalue weighted by Gasteiger charge is -2.52. The van der Waals surface area contributed by atoms with Crippen LogP contribution in [0.3, 0.4) is 0 Å². The molecule has 1 aliphatic heterocycles. The first-order chi connectivity index (χ1) is 10.0. The van der Waals surface area contributed by atoms with Crippen molar-refractivity contribution < 1.29 is 8.78 Å². The molecular weight excluding hydrogens is 270 g/mol. The molecule has 1 saturated heterocycles. The van der Waals surface area contributed by atoms with E-state index in [-0.39, 0.29) is 17.6 Å². The minimum absolute atomic E-state index is 0.0587. The van der Waals surface area contributed by atoms with E-state index in [1.165, 1.54) is 12.8 Å². The summed E-state index contributed by atoms with van der Waals surface area (Å²) in [5, 5.41) is 3.70. The van der Waals surface area contributed by atoms with E-state index in [0.29, 0.717) is 0 Å². The third-order valence-electron chi connectivity index (χ3n) is 5.31. The number of alkyl halides is 2. The molecule has 2 fully saturated rings. The number of nitrogens with zero attached hydrogens (tertiary/aromatic N) is 1. The molecule has 1 aromatic rings. The Labute approximate surface area is 125 Å². The summed E-state index contributed by atoms with van der Waals surface area (Å²) in [5.74, 6) is 0. The molecular formula is C17H24F2N2. The molecule has 3 rings (SSSR count). The normalized spacial score (nSPS) is 29.3. The lowest BCUT2D eigenvalue weighted by Crippen LogP contribution is -2.67. The van der Waals surface area contributed by atoms with Gasteiger partial charge in [-0.25, -0.2) is 8.78 Å². The Hall–Kier alpha value is -1.00. The zero-order chi connectivity index (χ0) is 14.9. The fraction of sp³-hybridized carbons (Fsp3) is 0.647. The lowest BCUT2D eigenvalue weighted by molar-refractivity contribution is -0.0264. The predicted octanol–water partition coefficient (Wildman–Crippen LogP) is 3.38. The van der Waals surface area contributed by atoms with E-state index in [1.807, 2.05) is 35.2 Å². The highest BCUT2D eigenvalue weighted by molar-refractivity contribution is 5.26. The van der Waals surface area contributed by atoms with E-state index >= 15 is 0 Å². The quantitative estimate of drug-likeness (QED) is 0.919. The lowest BCUT2D eigenvalue weighted by atomic mass is 9.82.